The number of carbonyl (C=O) groups excluding carboxylic acids is 1. The van der Waals surface area contributed by atoms with Crippen LogP contribution in [0.1, 0.15) is 23.2 Å². The molecule has 8 nitrogen and oxygen atoms in total. The minimum Gasteiger partial charge on any atom is -0.377 e. The van der Waals surface area contributed by atoms with Crippen molar-refractivity contribution in [2.24, 2.45) is 0 Å². The van der Waals surface area contributed by atoms with Gasteiger partial charge in [-0.1, -0.05) is 34.5 Å². The normalized spacial score (nSPS) is 17.4. The number of carbonyl (C=O) groups is 1. The summed E-state index contributed by atoms with van der Waals surface area (Å²) in [4.78, 5) is 12.2. The Morgan fingerprint density at radius 3 is 2.85 bits per heavy atom. The van der Waals surface area contributed by atoms with E-state index in [-0.39, 0.29) is 32.7 Å². The van der Waals surface area contributed by atoms with Gasteiger partial charge in [0.1, 0.15) is 0 Å². The first-order valence-electron chi connectivity index (χ1n) is 7.56. The Bertz CT molecular complexity index is 913. The summed E-state index contributed by atoms with van der Waals surface area (Å²) in [5.74, 6) is -0.543. The molecular formula is C14H14Cl2N4O4S2. The van der Waals surface area contributed by atoms with Gasteiger partial charge in [-0.15, -0.1) is 10.2 Å². The van der Waals surface area contributed by atoms with Crippen molar-refractivity contribution in [2.75, 3.05) is 18.5 Å². The van der Waals surface area contributed by atoms with Crippen LogP contribution >= 0.6 is 34.5 Å². The van der Waals surface area contributed by atoms with Crippen LogP contribution in [0.5, 0.6) is 0 Å². The van der Waals surface area contributed by atoms with Crippen molar-refractivity contribution in [3.8, 4) is 0 Å². The fraction of sp³-hybridized carbons (Fsp3) is 0.357. The molecule has 1 aliphatic heterocycles. The number of nitrogens with one attached hydrogen (secondary N) is 2. The predicted octanol–water partition coefficient (Wildman–Crippen LogP) is 2.55. The zero-order chi connectivity index (χ0) is 18.7. The minimum absolute atomic E-state index is 0.0403. The third kappa shape index (κ3) is 4.70. The van der Waals surface area contributed by atoms with E-state index in [4.69, 9.17) is 27.9 Å². The first-order chi connectivity index (χ1) is 12.3. The third-order valence-electron chi connectivity index (χ3n) is 3.56. The molecule has 1 fully saturated rings. The molecule has 0 aliphatic carbocycles. The first-order valence-corrected chi connectivity index (χ1v) is 10.6. The Hall–Kier alpha value is -1.30. The number of aromatic nitrogens is 2. The van der Waals surface area contributed by atoms with Gasteiger partial charge in [0.05, 0.1) is 16.7 Å². The summed E-state index contributed by atoms with van der Waals surface area (Å²) >= 11 is 12.5. The molecule has 2 heterocycles. The van der Waals surface area contributed by atoms with Gasteiger partial charge in [-0.3, -0.25) is 10.1 Å². The van der Waals surface area contributed by atoms with Crippen LogP contribution in [0.25, 0.3) is 0 Å². The lowest BCUT2D eigenvalue weighted by Crippen LogP contribution is -2.31. The van der Waals surface area contributed by atoms with Crippen LogP contribution < -0.4 is 10.0 Å². The average molecular weight is 437 g/mol. The van der Waals surface area contributed by atoms with Crippen molar-refractivity contribution in [2.45, 2.75) is 23.3 Å². The third-order valence-corrected chi connectivity index (χ3v) is 6.74. The van der Waals surface area contributed by atoms with E-state index in [0.29, 0.717) is 11.6 Å². The average Bonchev–Trinajstić information content (AvgIpc) is 3.24. The van der Waals surface area contributed by atoms with E-state index in [9.17, 15) is 13.2 Å². The van der Waals surface area contributed by atoms with Crippen LogP contribution in [0, 0.1) is 0 Å². The minimum atomic E-state index is -3.82. The standard InChI is InChI=1S/C14H14Cl2N4O4S2/c15-8-3-4-10(11(16)6-8)12(21)18-13-19-20-14(25-13)26(22,23)17-7-9-2-1-5-24-9/h3-4,6,9,17H,1-2,5,7H2,(H,18,19,21). The van der Waals surface area contributed by atoms with E-state index in [1.165, 1.54) is 18.2 Å². The molecule has 1 unspecified atom stereocenters. The Kier molecular flexibility index (Phi) is 6.10. The van der Waals surface area contributed by atoms with Gasteiger partial charge in [-0.05, 0) is 31.0 Å². The second-order valence-electron chi connectivity index (χ2n) is 5.44. The SMILES string of the molecule is O=C(Nc1nnc(S(=O)(=O)NCC2CCCO2)s1)c1ccc(Cl)cc1Cl. The lowest BCUT2D eigenvalue weighted by Gasteiger charge is -2.09. The highest BCUT2D eigenvalue weighted by Crippen LogP contribution is 2.24. The fourth-order valence-electron chi connectivity index (χ4n) is 2.28. The van der Waals surface area contributed by atoms with Gasteiger partial charge in [-0.2, -0.15) is 0 Å². The zero-order valence-corrected chi connectivity index (χ0v) is 16.4. The Morgan fingerprint density at radius 2 is 2.15 bits per heavy atom. The van der Waals surface area contributed by atoms with Crippen LogP contribution in [-0.4, -0.2) is 43.8 Å². The summed E-state index contributed by atoms with van der Waals surface area (Å²) in [6, 6.07) is 4.41. The number of sulfonamides is 1. The number of halogens is 2. The van der Waals surface area contributed by atoms with Crippen molar-refractivity contribution >= 4 is 55.6 Å². The summed E-state index contributed by atoms with van der Waals surface area (Å²) in [5, 5.41) is 10.4. The smallest absolute Gasteiger partial charge is 0.269 e. The highest BCUT2D eigenvalue weighted by molar-refractivity contribution is 7.91. The zero-order valence-electron chi connectivity index (χ0n) is 13.2. The number of anilines is 1. The Balaban J connectivity index is 1.65. The molecule has 2 aromatic rings. The number of nitrogens with zero attached hydrogens (tertiary/aromatic N) is 2. The molecule has 140 valence electrons. The molecule has 0 saturated carbocycles. The Labute approximate surface area is 163 Å². The van der Waals surface area contributed by atoms with E-state index < -0.39 is 15.9 Å². The van der Waals surface area contributed by atoms with Crippen LogP contribution in [0.15, 0.2) is 22.5 Å². The fourth-order valence-corrected chi connectivity index (χ4v) is 4.77. The molecular weight excluding hydrogens is 423 g/mol. The molecule has 2 N–H and O–H groups in total. The Morgan fingerprint density at radius 1 is 1.35 bits per heavy atom. The summed E-state index contributed by atoms with van der Waals surface area (Å²) in [6.45, 7) is 0.804. The van der Waals surface area contributed by atoms with E-state index in [0.717, 1.165) is 24.2 Å². The molecule has 1 atom stereocenters. The molecule has 1 aliphatic rings. The largest absolute Gasteiger partial charge is 0.377 e. The molecule has 0 bridgehead atoms. The van der Waals surface area contributed by atoms with E-state index in [1.807, 2.05) is 0 Å². The van der Waals surface area contributed by atoms with E-state index in [1.54, 1.807) is 0 Å². The summed E-state index contributed by atoms with van der Waals surface area (Å²) in [6.07, 6.45) is 1.58. The lowest BCUT2D eigenvalue weighted by molar-refractivity contribution is 0.102. The molecule has 12 heteroatoms. The van der Waals surface area contributed by atoms with Gasteiger partial charge >= 0.3 is 0 Å². The highest BCUT2D eigenvalue weighted by Gasteiger charge is 2.24. The number of hydrogen-bond donors (Lipinski definition) is 2. The molecule has 3 rings (SSSR count). The monoisotopic (exact) mass is 436 g/mol. The van der Waals surface area contributed by atoms with Crippen molar-refractivity contribution in [1.29, 1.82) is 0 Å². The molecule has 1 amide bonds. The van der Waals surface area contributed by atoms with Crippen LogP contribution in [0.2, 0.25) is 10.0 Å². The van der Waals surface area contributed by atoms with Crippen LogP contribution in [0.4, 0.5) is 5.13 Å². The highest BCUT2D eigenvalue weighted by atomic mass is 35.5. The maximum Gasteiger partial charge on any atom is 0.269 e. The number of hydrogen-bond acceptors (Lipinski definition) is 7. The second kappa shape index (κ2) is 8.15. The van der Waals surface area contributed by atoms with Gasteiger partial charge in [0.15, 0.2) is 0 Å². The van der Waals surface area contributed by atoms with Gasteiger partial charge in [0.2, 0.25) is 9.47 Å². The van der Waals surface area contributed by atoms with Gasteiger partial charge in [-0.25, -0.2) is 13.1 Å². The molecule has 1 aromatic heterocycles. The van der Waals surface area contributed by atoms with Crippen molar-refractivity contribution in [3.63, 3.8) is 0 Å². The van der Waals surface area contributed by atoms with Crippen LogP contribution in [-0.2, 0) is 14.8 Å². The number of ether oxygens (including phenoxy) is 1. The topological polar surface area (TPSA) is 110 Å². The summed E-state index contributed by atoms with van der Waals surface area (Å²) in [7, 11) is -3.82. The van der Waals surface area contributed by atoms with Gasteiger partial charge in [0.25, 0.3) is 15.9 Å². The predicted molar refractivity (Wildman–Crippen MR) is 98.5 cm³/mol. The lowest BCUT2D eigenvalue weighted by atomic mass is 10.2. The molecule has 1 aromatic carbocycles. The van der Waals surface area contributed by atoms with Gasteiger partial charge < -0.3 is 4.74 Å². The van der Waals surface area contributed by atoms with Crippen molar-refractivity contribution in [3.05, 3.63) is 33.8 Å². The van der Waals surface area contributed by atoms with E-state index >= 15 is 0 Å². The summed E-state index contributed by atoms with van der Waals surface area (Å²) in [5.41, 5.74) is 0.187. The van der Waals surface area contributed by atoms with Crippen molar-refractivity contribution < 1.29 is 17.9 Å². The van der Waals surface area contributed by atoms with E-state index in [2.05, 4.69) is 20.2 Å². The molecule has 0 spiro atoms. The van der Waals surface area contributed by atoms with Crippen molar-refractivity contribution in [1.82, 2.24) is 14.9 Å². The number of amides is 1. The maximum atomic E-state index is 12.2. The maximum absolute atomic E-state index is 12.2. The number of rotatable bonds is 6. The number of benzene rings is 1. The summed E-state index contributed by atoms with van der Waals surface area (Å²) < 4.78 is 32.1. The molecule has 1 saturated heterocycles. The quantitative estimate of drug-likeness (QED) is 0.673. The first kappa shape index (κ1) is 19.5. The van der Waals surface area contributed by atoms with Gasteiger partial charge in [0, 0.05) is 18.2 Å². The second-order valence-corrected chi connectivity index (χ2v) is 9.20. The molecule has 26 heavy (non-hydrogen) atoms. The molecule has 0 radical (unpaired) electrons. The van der Waals surface area contributed by atoms with Crippen LogP contribution in [0.3, 0.4) is 0 Å².